The van der Waals surface area contributed by atoms with Crippen LogP contribution in [-0.2, 0) is 0 Å². The second kappa shape index (κ2) is 7.71. The maximum absolute atomic E-state index is 12.8. The average molecular weight is 397 g/mol. The van der Waals surface area contributed by atoms with Crippen LogP contribution in [0.5, 0.6) is 0 Å². The van der Waals surface area contributed by atoms with Crippen LogP contribution in [0.15, 0.2) is 65.8 Å². The smallest absolute Gasteiger partial charge is 0.252 e. The fourth-order valence-electron chi connectivity index (χ4n) is 4.34. The number of nitrogens with zero attached hydrogens (tertiary/aromatic N) is 4. The van der Waals surface area contributed by atoms with Crippen LogP contribution < -0.4 is 10.9 Å². The summed E-state index contributed by atoms with van der Waals surface area (Å²) in [5, 5.41) is 4.29. The summed E-state index contributed by atoms with van der Waals surface area (Å²) in [5.41, 5.74) is 4.66. The van der Waals surface area contributed by atoms with E-state index in [0.29, 0.717) is 11.6 Å². The van der Waals surface area contributed by atoms with Gasteiger partial charge in [0.15, 0.2) is 0 Å². The van der Waals surface area contributed by atoms with Gasteiger partial charge in [0.25, 0.3) is 5.56 Å². The number of aryl methyl sites for hydroxylation is 1. The molecule has 1 N–H and O–H groups in total. The molecule has 6 nitrogen and oxygen atoms in total. The molecule has 6 heteroatoms. The number of para-hydroxylation sites is 1. The van der Waals surface area contributed by atoms with E-state index in [2.05, 4.69) is 21.4 Å². The lowest BCUT2D eigenvalue weighted by Crippen LogP contribution is -2.24. The van der Waals surface area contributed by atoms with E-state index in [1.165, 1.54) is 0 Å². The van der Waals surface area contributed by atoms with E-state index >= 15 is 0 Å². The molecule has 0 saturated heterocycles. The van der Waals surface area contributed by atoms with Crippen molar-refractivity contribution in [2.24, 2.45) is 0 Å². The molecular formula is C24H23N5O. The SMILES string of the molecule is Cc1cc(=O)n(C2CCCC2)c2nc(Nc3ccccc3-c3ccncc3)ncc12. The van der Waals surface area contributed by atoms with Crippen LogP contribution in [0.1, 0.15) is 37.3 Å². The second-order valence-electron chi connectivity index (χ2n) is 7.81. The van der Waals surface area contributed by atoms with Crippen LogP contribution in [0.25, 0.3) is 22.2 Å². The molecule has 1 fully saturated rings. The quantitative estimate of drug-likeness (QED) is 0.523. The molecule has 1 saturated carbocycles. The predicted octanol–water partition coefficient (Wildman–Crippen LogP) is 5.02. The van der Waals surface area contributed by atoms with Crippen molar-refractivity contribution in [2.45, 2.75) is 38.6 Å². The molecule has 1 aromatic carbocycles. The van der Waals surface area contributed by atoms with Gasteiger partial charge in [-0.05, 0) is 49.1 Å². The van der Waals surface area contributed by atoms with E-state index in [4.69, 9.17) is 4.98 Å². The first kappa shape index (κ1) is 18.5. The Bertz CT molecular complexity index is 1260. The highest BCUT2D eigenvalue weighted by Gasteiger charge is 2.21. The van der Waals surface area contributed by atoms with Crippen molar-refractivity contribution in [1.82, 2.24) is 19.5 Å². The summed E-state index contributed by atoms with van der Waals surface area (Å²) in [6, 6.07) is 13.9. The Morgan fingerprint density at radius 1 is 1.07 bits per heavy atom. The first-order chi connectivity index (χ1) is 14.7. The van der Waals surface area contributed by atoms with Crippen LogP contribution in [0, 0.1) is 6.92 Å². The van der Waals surface area contributed by atoms with Gasteiger partial charge in [-0.1, -0.05) is 31.0 Å². The molecular weight excluding hydrogens is 374 g/mol. The fourth-order valence-corrected chi connectivity index (χ4v) is 4.34. The van der Waals surface area contributed by atoms with Crippen molar-refractivity contribution in [3.05, 3.63) is 77.0 Å². The number of pyridine rings is 2. The van der Waals surface area contributed by atoms with Gasteiger partial charge in [0, 0.05) is 47.3 Å². The zero-order valence-electron chi connectivity index (χ0n) is 16.9. The van der Waals surface area contributed by atoms with E-state index in [-0.39, 0.29) is 11.6 Å². The van der Waals surface area contributed by atoms with Crippen LogP contribution in [0.3, 0.4) is 0 Å². The summed E-state index contributed by atoms with van der Waals surface area (Å²) in [4.78, 5) is 26.3. The third-order valence-corrected chi connectivity index (χ3v) is 5.85. The number of rotatable bonds is 4. The van der Waals surface area contributed by atoms with Crippen LogP contribution in [-0.4, -0.2) is 19.5 Å². The first-order valence-electron chi connectivity index (χ1n) is 10.4. The molecule has 0 aliphatic heterocycles. The van der Waals surface area contributed by atoms with Crippen molar-refractivity contribution in [1.29, 1.82) is 0 Å². The zero-order valence-corrected chi connectivity index (χ0v) is 16.9. The molecule has 5 rings (SSSR count). The molecule has 0 bridgehead atoms. The van der Waals surface area contributed by atoms with Gasteiger partial charge in [-0.2, -0.15) is 4.98 Å². The summed E-state index contributed by atoms with van der Waals surface area (Å²) in [5.74, 6) is 0.487. The molecule has 0 spiro atoms. The summed E-state index contributed by atoms with van der Waals surface area (Å²) in [6.45, 7) is 1.94. The van der Waals surface area contributed by atoms with Crippen molar-refractivity contribution in [3.63, 3.8) is 0 Å². The minimum Gasteiger partial charge on any atom is -0.324 e. The maximum atomic E-state index is 12.8. The minimum absolute atomic E-state index is 0.0220. The Labute approximate surface area is 174 Å². The van der Waals surface area contributed by atoms with Gasteiger partial charge < -0.3 is 5.32 Å². The number of benzene rings is 1. The van der Waals surface area contributed by atoms with Crippen LogP contribution in [0.4, 0.5) is 11.6 Å². The highest BCUT2D eigenvalue weighted by molar-refractivity contribution is 5.82. The molecule has 1 aliphatic rings. The van der Waals surface area contributed by atoms with Crippen molar-refractivity contribution in [3.8, 4) is 11.1 Å². The Hall–Kier alpha value is -3.54. The number of aromatic nitrogens is 4. The second-order valence-corrected chi connectivity index (χ2v) is 7.81. The van der Waals surface area contributed by atoms with Gasteiger partial charge in [0.1, 0.15) is 5.65 Å². The lowest BCUT2D eigenvalue weighted by Gasteiger charge is -2.18. The highest BCUT2D eigenvalue weighted by Crippen LogP contribution is 2.32. The molecule has 0 atom stereocenters. The van der Waals surface area contributed by atoms with Crippen LogP contribution >= 0.6 is 0 Å². The molecule has 30 heavy (non-hydrogen) atoms. The monoisotopic (exact) mass is 397 g/mol. The van der Waals surface area contributed by atoms with E-state index in [1.54, 1.807) is 18.5 Å². The van der Waals surface area contributed by atoms with Gasteiger partial charge in [0.2, 0.25) is 5.95 Å². The van der Waals surface area contributed by atoms with Gasteiger partial charge in [0.05, 0.1) is 0 Å². The predicted molar refractivity (Wildman–Crippen MR) is 119 cm³/mol. The van der Waals surface area contributed by atoms with E-state index in [1.807, 2.05) is 48.0 Å². The summed E-state index contributed by atoms with van der Waals surface area (Å²) < 4.78 is 1.87. The largest absolute Gasteiger partial charge is 0.324 e. The molecule has 150 valence electrons. The lowest BCUT2D eigenvalue weighted by atomic mass is 10.1. The first-order valence-corrected chi connectivity index (χ1v) is 10.4. The Morgan fingerprint density at radius 3 is 2.63 bits per heavy atom. The minimum atomic E-state index is 0.0220. The summed E-state index contributed by atoms with van der Waals surface area (Å²) in [7, 11) is 0. The molecule has 3 aromatic heterocycles. The standard InChI is InChI=1S/C24H23N5O/c1-16-14-22(30)29(18-6-2-3-7-18)23-20(16)15-26-24(28-23)27-21-9-5-4-8-19(21)17-10-12-25-13-11-17/h4-5,8-15,18H,2-3,6-7H2,1H3,(H,26,27,28). The van der Waals surface area contributed by atoms with Gasteiger partial charge in [-0.25, -0.2) is 4.98 Å². The topological polar surface area (TPSA) is 72.7 Å². The van der Waals surface area contributed by atoms with Gasteiger partial charge in [-0.3, -0.25) is 14.3 Å². The third kappa shape index (κ3) is 3.34. The number of fused-ring (bicyclic) bond motifs is 1. The number of nitrogens with one attached hydrogen (secondary N) is 1. The fraction of sp³-hybridized carbons (Fsp3) is 0.250. The molecule has 0 unspecified atom stereocenters. The van der Waals surface area contributed by atoms with E-state index in [9.17, 15) is 4.79 Å². The van der Waals surface area contributed by atoms with Crippen molar-refractivity contribution in [2.75, 3.05) is 5.32 Å². The van der Waals surface area contributed by atoms with Gasteiger partial charge in [-0.15, -0.1) is 0 Å². The molecule has 0 radical (unpaired) electrons. The summed E-state index contributed by atoms with van der Waals surface area (Å²) in [6.07, 6.45) is 9.73. The average Bonchev–Trinajstić information content (AvgIpc) is 3.29. The third-order valence-electron chi connectivity index (χ3n) is 5.85. The summed E-state index contributed by atoms with van der Waals surface area (Å²) >= 11 is 0. The van der Waals surface area contributed by atoms with Crippen molar-refractivity contribution >= 4 is 22.7 Å². The van der Waals surface area contributed by atoms with E-state index in [0.717, 1.165) is 53.4 Å². The number of hydrogen-bond acceptors (Lipinski definition) is 5. The van der Waals surface area contributed by atoms with Crippen LogP contribution in [0.2, 0.25) is 0 Å². The maximum Gasteiger partial charge on any atom is 0.252 e. The zero-order chi connectivity index (χ0) is 20.5. The number of hydrogen-bond donors (Lipinski definition) is 1. The Balaban J connectivity index is 1.60. The van der Waals surface area contributed by atoms with Crippen molar-refractivity contribution < 1.29 is 0 Å². The Kier molecular flexibility index (Phi) is 4.75. The molecule has 1 aliphatic carbocycles. The molecule has 4 aromatic rings. The molecule has 3 heterocycles. The highest BCUT2D eigenvalue weighted by atomic mass is 16.1. The Morgan fingerprint density at radius 2 is 1.83 bits per heavy atom. The van der Waals surface area contributed by atoms with Gasteiger partial charge >= 0.3 is 0 Å². The van der Waals surface area contributed by atoms with E-state index < -0.39 is 0 Å². The number of anilines is 2. The normalized spacial score (nSPS) is 14.3. The molecule has 0 amide bonds. The lowest BCUT2D eigenvalue weighted by molar-refractivity contribution is 0.515.